The Morgan fingerprint density at radius 2 is 2.00 bits per heavy atom. The Kier molecular flexibility index (Phi) is 5.36. The average Bonchev–Trinajstić information content (AvgIpc) is 3.01. The van der Waals surface area contributed by atoms with E-state index >= 15 is 0 Å². The van der Waals surface area contributed by atoms with Crippen LogP contribution in [0.5, 0.6) is 0 Å². The molecule has 1 aromatic carbocycles. The zero-order chi connectivity index (χ0) is 19.6. The molecule has 1 saturated heterocycles. The molecule has 0 aliphatic carbocycles. The van der Waals surface area contributed by atoms with Crippen LogP contribution in [0.25, 0.3) is 11.0 Å². The number of esters is 1. The first-order chi connectivity index (χ1) is 12.7. The van der Waals surface area contributed by atoms with E-state index in [2.05, 4.69) is 20.6 Å². The standard InChI is InChI=1S/C19H26N4O4/c1-19(2,3)27-17(26)14(11-7-9-20-10-8-11)22-18-21-13-6-4-5-12(16(24)25)15(13)23-18/h4-6,11,14,20H,7-10H2,1-3H3,(H,24,25)(H2,21,22,23). The highest BCUT2D eigenvalue weighted by molar-refractivity contribution is 6.01. The number of rotatable bonds is 5. The molecule has 8 nitrogen and oxygen atoms in total. The minimum Gasteiger partial charge on any atom is -0.478 e. The van der Waals surface area contributed by atoms with E-state index in [0.717, 1.165) is 25.9 Å². The number of carbonyl (C=O) groups is 2. The molecule has 0 radical (unpaired) electrons. The van der Waals surface area contributed by atoms with Crippen LogP contribution in [0.3, 0.4) is 0 Å². The first-order valence-corrected chi connectivity index (χ1v) is 9.17. The van der Waals surface area contributed by atoms with Crippen LogP contribution in [0.4, 0.5) is 5.95 Å². The van der Waals surface area contributed by atoms with Gasteiger partial charge in [0.05, 0.1) is 11.1 Å². The Balaban J connectivity index is 1.89. The van der Waals surface area contributed by atoms with Gasteiger partial charge in [-0.3, -0.25) is 0 Å². The summed E-state index contributed by atoms with van der Waals surface area (Å²) in [5.74, 6) is -0.893. The molecule has 2 aromatic rings. The smallest absolute Gasteiger partial charge is 0.337 e. The van der Waals surface area contributed by atoms with Crippen LogP contribution >= 0.6 is 0 Å². The topological polar surface area (TPSA) is 116 Å². The molecule has 2 heterocycles. The van der Waals surface area contributed by atoms with Crippen molar-refractivity contribution in [1.82, 2.24) is 15.3 Å². The quantitative estimate of drug-likeness (QED) is 0.594. The van der Waals surface area contributed by atoms with Crippen LogP contribution < -0.4 is 10.6 Å². The van der Waals surface area contributed by atoms with Crippen LogP contribution in [0.1, 0.15) is 44.0 Å². The molecular formula is C19H26N4O4. The number of nitrogens with one attached hydrogen (secondary N) is 3. The molecule has 27 heavy (non-hydrogen) atoms. The predicted molar refractivity (Wildman–Crippen MR) is 102 cm³/mol. The summed E-state index contributed by atoms with van der Waals surface area (Å²) < 4.78 is 5.60. The Morgan fingerprint density at radius 3 is 2.63 bits per heavy atom. The highest BCUT2D eigenvalue weighted by Gasteiger charge is 2.33. The first-order valence-electron chi connectivity index (χ1n) is 9.17. The molecule has 146 valence electrons. The molecule has 1 fully saturated rings. The molecule has 1 unspecified atom stereocenters. The molecule has 1 aromatic heterocycles. The normalized spacial score (nSPS) is 16.9. The molecule has 0 spiro atoms. The molecule has 3 rings (SSSR count). The number of ether oxygens (including phenoxy) is 1. The Morgan fingerprint density at radius 1 is 1.30 bits per heavy atom. The van der Waals surface area contributed by atoms with E-state index in [1.54, 1.807) is 12.1 Å². The highest BCUT2D eigenvalue weighted by Crippen LogP contribution is 2.24. The number of H-pyrrole nitrogens is 1. The summed E-state index contributed by atoms with van der Waals surface area (Å²) >= 11 is 0. The maximum atomic E-state index is 12.8. The van der Waals surface area contributed by atoms with Crippen LogP contribution in [0.2, 0.25) is 0 Å². The summed E-state index contributed by atoms with van der Waals surface area (Å²) in [7, 11) is 0. The summed E-state index contributed by atoms with van der Waals surface area (Å²) in [6, 6.07) is 4.37. The largest absolute Gasteiger partial charge is 0.478 e. The second-order valence-electron chi connectivity index (χ2n) is 7.84. The molecule has 0 amide bonds. The first kappa shape index (κ1) is 19.2. The van der Waals surface area contributed by atoms with Gasteiger partial charge in [-0.1, -0.05) is 6.07 Å². The lowest BCUT2D eigenvalue weighted by atomic mass is 9.90. The van der Waals surface area contributed by atoms with Gasteiger partial charge in [-0.05, 0) is 64.8 Å². The molecular weight excluding hydrogens is 348 g/mol. The Bertz CT molecular complexity index is 834. The number of nitrogens with zero attached hydrogens (tertiary/aromatic N) is 1. The van der Waals surface area contributed by atoms with Crippen molar-refractivity contribution in [2.45, 2.75) is 45.3 Å². The fourth-order valence-electron chi connectivity index (χ4n) is 3.33. The van der Waals surface area contributed by atoms with Gasteiger partial charge in [0.15, 0.2) is 0 Å². The molecule has 1 atom stereocenters. The predicted octanol–water partition coefficient (Wildman–Crippen LogP) is 2.38. The third-order valence-electron chi connectivity index (χ3n) is 4.55. The average molecular weight is 374 g/mol. The summed E-state index contributed by atoms with van der Waals surface area (Å²) in [5.41, 5.74) is 0.493. The molecule has 8 heteroatoms. The lowest BCUT2D eigenvalue weighted by Crippen LogP contribution is -2.45. The zero-order valence-corrected chi connectivity index (χ0v) is 15.8. The summed E-state index contributed by atoms with van der Waals surface area (Å²) in [5, 5.41) is 15.8. The fourth-order valence-corrected chi connectivity index (χ4v) is 3.33. The number of carboxylic acids is 1. The highest BCUT2D eigenvalue weighted by atomic mass is 16.6. The van der Waals surface area contributed by atoms with Crippen molar-refractivity contribution < 1.29 is 19.4 Å². The summed E-state index contributed by atoms with van der Waals surface area (Å²) in [4.78, 5) is 31.7. The number of aromatic carboxylic acids is 1. The number of anilines is 1. The molecule has 0 saturated carbocycles. The summed E-state index contributed by atoms with van der Waals surface area (Å²) in [6.45, 7) is 7.20. The Hall–Kier alpha value is -2.61. The van der Waals surface area contributed by atoms with Crippen LogP contribution in [0.15, 0.2) is 18.2 Å². The third kappa shape index (κ3) is 4.57. The number of carbonyl (C=O) groups excluding carboxylic acids is 1. The van der Waals surface area contributed by atoms with Gasteiger partial charge in [-0.2, -0.15) is 0 Å². The van der Waals surface area contributed by atoms with Crippen molar-refractivity contribution in [2.75, 3.05) is 18.4 Å². The van der Waals surface area contributed by atoms with Crippen molar-refractivity contribution in [3.8, 4) is 0 Å². The van der Waals surface area contributed by atoms with Crippen molar-refractivity contribution in [1.29, 1.82) is 0 Å². The van der Waals surface area contributed by atoms with E-state index < -0.39 is 17.6 Å². The second-order valence-corrected chi connectivity index (χ2v) is 7.84. The lowest BCUT2D eigenvalue weighted by molar-refractivity contribution is -0.157. The van der Waals surface area contributed by atoms with Crippen molar-refractivity contribution in [3.05, 3.63) is 23.8 Å². The molecule has 1 aliphatic rings. The van der Waals surface area contributed by atoms with Gasteiger partial charge >= 0.3 is 11.9 Å². The summed E-state index contributed by atoms with van der Waals surface area (Å²) in [6.07, 6.45) is 1.69. The van der Waals surface area contributed by atoms with Crippen molar-refractivity contribution in [2.24, 2.45) is 5.92 Å². The van der Waals surface area contributed by atoms with Gasteiger partial charge in [0.25, 0.3) is 0 Å². The van der Waals surface area contributed by atoms with E-state index in [4.69, 9.17) is 4.74 Å². The van der Waals surface area contributed by atoms with Crippen molar-refractivity contribution >= 4 is 28.9 Å². The van der Waals surface area contributed by atoms with Crippen molar-refractivity contribution in [3.63, 3.8) is 0 Å². The number of para-hydroxylation sites is 1. The van der Waals surface area contributed by atoms with E-state index in [1.807, 2.05) is 20.8 Å². The lowest BCUT2D eigenvalue weighted by Gasteiger charge is -2.32. The molecule has 4 N–H and O–H groups in total. The van der Waals surface area contributed by atoms with Crippen LogP contribution in [-0.4, -0.2) is 51.7 Å². The van der Waals surface area contributed by atoms with Gasteiger partial charge < -0.3 is 25.5 Å². The zero-order valence-electron chi connectivity index (χ0n) is 15.8. The fraction of sp³-hybridized carbons (Fsp3) is 0.526. The van der Waals surface area contributed by atoms with Gasteiger partial charge in [0.1, 0.15) is 17.2 Å². The minimum absolute atomic E-state index is 0.105. The van der Waals surface area contributed by atoms with Gasteiger partial charge in [-0.25, -0.2) is 14.6 Å². The van der Waals surface area contributed by atoms with E-state index in [0.29, 0.717) is 17.0 Å². The Labute approximate surface area is 157 Å². The number of hydrogen-bond acceptors (Lipinski definition) is 6. The van der Waals surface area contributed by atoms with Gasteiger partial charge in [0, 0.05) is 0 Å². The SMILES string of the molecule is CC(C)(C)OC(=O)C(Nc1nc2c(C(=O)O)cccc2[nH]1)C1CCNCC1. The number of carboxylic acid groups (broad SMARTS) is 1. The second kappa shape index (κ2) is 7.56. The van der Waals surface area contributed by atoms with E-state index in [9.17, 15) is 14.7 Å². The maximum absolute atomic E-state index is 12.8. The number of aromatic nitrogens is 2. The minimum atomic E-state index is -1.04. The number of benzene rings is 1. The molecule has 0 bridgehead atoms. The molecule has 1 aliphatic heterocycles. The third-order valence-corrected chi connectivity index (χ3v) is 4.55. The number of piperidine rings is 1. The van der Waals surface area contributed by atoms with E-state index in [-0.39, 0.29) is 17.5 Å². The van der Waals surface area contributed by atoms with E-state index in [1.165, 1.54) is 6.07 Å². The van der Waals surface area contributed by atoms with Gasteiger partial charge in [0.2, 0.25) is 5.95 Å². The van der Waals surface area contributed by atoms with Gasteiger partial charge in [-0.15, -0.1) is 0 Å². The maximum Gasteiger partial charge on any atom is 0.337 e. The van der Waals surface area contributed by atoms with Crippen LogP contribution in [0, 0.1) is 5.92 Å². The number of hydrogen-bond donors (Lipinski definition) is 4. The number of aromatic amines is 1. The van der Waals surface area contributed by atoms with Crippen LogP contribution in [-0.2, 0) is 9.53 Å². The monoisotopic (exact) mass is 374 g/mol. The number of imidazole rings is 1. The number of fused-ring (bicyclic) bond motifs is 1.